The van der Waals surface area contributed by atoms with Crippen molar-refractivity contribution in [2.24, 2.45) is 0 Å². The molecule has 0 bridgehead atoms. The molecule has 0 radical (unpaired) electrons. The number of hydrogen-bond donors (Lipinski definition) is 2. The highest BCUT2D eigenvalue weighted by Gasteiger charge is 2.32. The van der Waals surface area contributed by atoms with E-state index in [2.05, 4.69) is 5.32 Å². The molecule has 0 saturated heterocycles. The molecule has 1 aliphatic heterocycles. The van der Waals surface area contributed by atoms with Crippen LogP contribution in [0.3, 0.4) is 0 Å². The molecule has 6 nitrogen and oxygen atoms in total. The molecule has 0 spiro atoms. The van der Waals surface area contributed by atoms with Gasteiger partial charge in [-0.3, -0.25) is 14.5 Å². The molecule has 6 heteroatoms. The highest BCUT2D eigenvalue weighted by atomic mass is 16.4. The summed E-state index contributed by atoms with van der Waals surface area (Å²) in [5, 5.41) is 11.9. The predicted molar refractivity (Wildman–Crippen MR) is 77.4 cm³/mol. The van der Waals surface area contributed by atoms with Gasteiger partial charge in [-0.25, -0.2) is 4.79 Å². The lowest BCUT2D eigenvalue weighted by Crippen LogP contribution is -2.24. The first-order chi connectivity index (χ1) is 9.95. The van der Waals surface area contributed by atoms with Crippen LogP contribution in [0.5, 0.6) is 0 Å². The molecule has 0 fully saturated rings. The van der Waals surface area contributed by atoms with E-state index in [-0.39, 0.29) is 11.8 Å². The minimum Gasteiger partial charge on any atom is -0.478 e. The number of hydrogen-bond acceptors (Lipinski definition) is 4. The van der Waals surface area contributed by atoms with E-state index in [4.69, 9.17) is 5.11 Å². The third kappa shape index (κ3) is 2.79. The SMILES string of the molecule is CC/C(=C/CNc1ccc2c(c1)C(=O)N(C)C2=O)C(=O)O. The summed E-state index contributed by atoms with van der Waals surface area (Å²) >= 11 is 0. The highest BCUT2D eigenvalue weighted by Crippen LogP contribution is 2.24. The number of carboxylic acid groups (broad SMARTS) is 1. The molecule has 0 unspecified atom stereocenters. The molecular formula is C15H16N2O4. The van der Waals surface area contributed by atoms with Gasteiger partial charge in [-0.15, -0.1) is 0 Å². The molecule has 110 valence electrons. The van der Waals surface area contributed by atoms with Gasteiger partial charge in [0.1, 0.15) is 0 Å². The van der Waals surface area contributed by atoms with Gasteiger partial charge in [0, 0.05) is 24.9 Å². The van der Waals surface area contributed by atoms with E-state index in [0.29, 0.717) is 35.4 Å². The molecule has 0 atom stereocenters. The zero-order valence-corrected chi connectivity index (χ0v) is 11.8. The maximum atomic E-state index is 11.9. The summed E-state index contributed by atoms with van der Waals surface area (Å²) in [4.78, 5) is 35.5. The fourth-order valence-corrected chi connectivity index (χ4v) is 2.15. The molecular weight excluding hydrogens is 272 g/mol. The van der Waals surface area contributed by atoms with Gasteiger partial charge in [0.25, 0.3) is 11.8 Å². The number of nitrogens with zero attached hydrogens (tertiary/aromatic N) is 1. The topological polar surface area (TPSA) is 86.7 Å². The Labute approximate surface area is 122 Å². The monoisotopic (exact) mass is 288 g/mol. The smallest absolute Gasteiger partial charge is 0.331 e. The van der Waals surface area contributed by atoms with Crippen molar-refractivity contribution in [3.05, 3.63) is 41.0 Å². The maximum Gasteiger partial charge on any atom is 0.331 e. The summed E-state index contributed by atoms with van der Waals surface area (Å²) in [5.74, 6) is -1.56. The molecule has 2 N–H and O–H groups in total. The van der Waals surface area contributed by atoms with Crippen LogP contribution in [-0.2, 0) is 4.79 Å². The number of rotatable bonds is 5. The molecule has 2 amide bonds. The van der Waals surface area contributed by atoms with Crippen LogP contribution in [0.4, 0.5) is 5.69 Å². The standard InChI is InChI=1S/C15H16N2O4/c1-3-9(15(20)21)6-7-16-10-4-5-11-12(8-10)14(19)17(2)13(11)18/h4-6,8,16H,3,7H2,1-2H3,(H,20,21)/b9-6-. The third-order valence-corrected chi connectivity index (χ3v) is 3.40. The number of amides is 2. The van der Waals surface area contributed by atoms with Crippen LogP contribution < -0.4 is 5.32 Å². The number of carbonyl (C=O) groups is 3. The number of imide groups is 1. The van der Waals surface area contributed by atoms with Gasteiger partial charge in [0.15, 0.2) is 0 Å². The average molecular weight is 288 g/mol. The van der Waals surface area contributed by atoms with Gasteiger partial charge in [0.05, 0.1) is 11.1 Å². The molecule has 2 rings (SSSR count). The van der Waals surface area contributed by atoms with E-state index in [1.165, 1.54) is 7.05 Å². The molecule has 1 heterocycles. The van der Waals surface area contributed by atoms with Crippen molar-refractivity contribution in [1.29, 1.82) is 0 Å². The second-order valence-corrected chi connectivity index (χ2v) is 4.70. The van der Waals surface area contributed by atoms with E-state index in [1.54, 1.807) is 31.2 Å². The Bertz CT molecular complexity index is 649. The second-order valence-electron chi connectivity index (χ2n) is 4.70. The van der Waals surface area contributed by atoms with Crippen LogP contribution in [0.15, 0.2) is 29.8 Å². The van der Waals surface area contributed by atoms with Crippen molar-refractivity contribution in [1.82, 2.24) is 4.90 Å². The lowest BCUT2D eigenvalue weighted by molar-refractivity contribution is -0.132. The zero-order chi connectivity index (χ0) is 15.6. The van der Waals surface area contributed by atoms with E-state index < -0.39 is 5.97 Å². The first-order valence-electron chi connectivity index (χ1n) is 6.58. The van der Waals surface area contributed by atoms with Crippen LogP contribution in [0.1, 0.15) is 34.1 Å². The minimum atomic E-state index is -0.935. The first kappa shape index (κ1) is 14.8. The molecule has 1 aliphatic rings. The lowest BCUT2D eigenvalue weighted by Gasteiger charge is -2.05. The van der Waals surface area contributed by atoms with Crippen LogP contribution in [0.2, 0.25) is 0 Å². The van der Waals surface area contributed by atoms with Gasteiger partial charge in [-0.2, -0.15) is 0 Å². The second kappa shape index (κ2) is 5.78. The largest absolute Gasteiger partial charge is 0.478 e. The van der Waals surface area contributed by atoms with Crippen LogP contribution >= 0.6 is 0 Å². The Hall–Kier alpha value is -2.63. The number of benzene rings is 1. The van der Waals surface area contributed by atoms with Crippen molar-refractivity contribution in [2.75, 3.05) is 18.9 Å². The molecule has 0 saturated carbocycles. The van der Waals surface area contributed by atoms with Crippen molar-refractivity contribution in [3.8, 4) is 0 Å². The van der Waals surface area contributed by atoms with E-state index in [1.807, 2.05) is 0 Å². The average Bonchev–Trinajstić information content (AvgIpc) is 2.68. The third-order valence-electron chi connectivity index (χ3n) is 3.40. The Morgan fingerprint density at radius 3 is 2.57 bits per heavy atom. The molecule has 0 aliphatic carbocycles. The summed E-state index contributed by atoms with van der Waals surface area (Å²) in [5.41, 5.74) is 1.76. The highest BCUT2D eigenvalue weighted by molar-refractivity contribution is 6.21. The van der Waals surface area contributed by atoms with Gasteiger partial charge in [-0.05, 0) is 24.6 Å². The van der Waals surface area contributed by atoms with Crippen LogP contribution in [-0.4, -0.2) is 41.4 Å². The molecule has 0 aromatic heterocycles. The zero-order valence-electron chi connectivity index (χ0n) is 11.8. The van der Waals surface area contributed by atoms with Gasteiger partial charge >= 0.3 is 5.97 Å². The Balaban J connectivity index is 2.13. The summed E-state index contributed by atoms with van der Waals surface area (Å²) in [6, 6.07) is 4.91. The summed E-state index contributed by atoms with van der Waals surface area (Å²) in [6.45, 7) is 2.11. The first-order valence-corrected chi connectivity index (χ1v) is 6.58. The number of aliphatic carboxylic acids is 1. The number of nitrogens with one attached hydrogen (secondary N) is 1. The predicted octanol–water partition coefficient (Wildman–Crippen LogP) is 1.75. The Morgan fingerprint density at radius 2 is 1.95 bits per heavy atom. The van der Waals surface area contributed by atoms with Crippen molar-refractivity contribution in [3.63, 3.8) is 0 Å². The summed E-state index contributed by atoms with van der Waals surface area (Å²) in [7, 11) is 1.45. The van der Waals surface area contributed by atoms with Crippen LogP contribution in [0, 0.1) is 0 Å². The fourth-order valence-electron chi connectivity index (χ4n) is 2.15. The Morgan fingerprint density at radius 1 is 1.29 bits per heavy atom. The van der Waals surface area contributed by atoms with Crippen molar-refractivity contribution >= 4 is 23.5 Å². The van der Waals surface area contributed by atoms with E-state index >= 15 is 0 Å². The quantitative estimate of drug-likeness (QED) is 0.636. The van der Waals surface area contributed by atoms with Crippen molar-refractivity contribution in [2.45, 2.75) is 13.3 Å². The van der Waals surface area contributed by atoms with Crippen molar-refractivity contribution < 1.29 is 19.5 Å². The van der Waals surface area contributed by atoms with E-state index in [9.17, 15) is 14.4 Å². The number of carbonyl (C=O) groups excluding carboxylic acids is 2. The van der Waals surface area contributed by atoms with Gasteiger partial charge in [0.2, 0.25) is 0 Å². The Kier molecular flexibility index (Phi) is 4.07. The normalized spacial score (nSPS) is 14.4. The number of anilines is 1. The number of fused-ring (bicyclic) bond motifs is 1. The fraction of sp³-hybridized carbons (Fsp3) is 0.267. The molecule has 21 heavy (non-hydrogen) atoms. The van der Waals surface area contributed by atoms with E-state index in [0.717, 1.165) is 4.90 Å². The van der Waals surface area contributed by atoms with Gasteiger partial charge < -0.3 is 10.4 Å². The maximum absolute atomic E-state index is 11.9. The lowest BCUT2D eigenvalue weighted by atomic mass is 10.1. The molecule has 1 aromatic rings. The van der Waals surface area contributed by atoms with Gasteiger partial charge in [-0.1, -0.05) is 13.0 Å². The molecule has 1 aromatic carbocycles. The number of carboxylic acids is 1. The minimum absolute atomic E-state index is 0.305. The summed E-state index contributed by atoms with van der Waals surface area (Å²) in [6.07, 6.45) is 2.04. The van der Waals surface area contributed by atoms with Crippen LogP contribution in [0.25, 0.3) is 0 Å². The summed E-state index contributed by atoms with van der Waals surface area (Å²) < 4.78 is 0.